The number of hydrogen-bond acceptors (Lipinski definition) is 6. The first-order valence-electron chi connectivity index (χ1n) is 10.2. The lowest BCUT2D eigenvalue weighted by atomic mass is 9.98. The predicted molar refractivity (Wildman–Crippen MR) is 119 cm³/mol. The summed E-state index contributed by atoms with van der Waals surface area (Å²) >= 11 is 1.59. The molecule has 0 amide bonds. The lowest BCUT2D eigenvalue weighted by Crippen LogP contribution is -2.40. The molecule has 30 heavy (non-hydrogen) atoms. The Morgan fingerprint density at radius 1 is 1.20 bits per heavy atom. The van der Waals surface area contributed by atoms with Crippen LogP contribution in [0.4, 0.5) is 0 Å². The zero-order valence-electron chi connectivity index (χ0n) is 17.3. The molecule has 1 saturated heterocycles. The van der Waals surface area contributed by atoms with Gasteiger partial charge in [0, 0.05) is 25.0 Å². The van der Waals surface area contributed by atoms with Crippen LogP contribution in [-0.4, -0.2) is 37.9 Å². The number of nitrogens with one attached hydrogen (secondary N) is 1. The van der Waals surface area contributed by atoms with Gasteiger partial charge in [-0.1, -0.05) is 17.7 Å². The standard InChI is InChI=1S/C22H27N3O3S2/c1-16-5-8-20(9-6-16)30(26,27)23-12-18-4-3-11-25(13-18)14-19-15-29-22(24-19)21-10-7-17(2)28-21/h5-10,15,18,23H,3-4,11-14H2,1-2H3. The summed E-state index contributed by atoms with van der Waals surface area (Å²) in [5.74, 6) is 1.99. The predicted octanol–water partition coefficient (Wildman–Crippen LogP) is 4.21. The molecule has 3 aromatic rings. The number of likely N-dealkylation sites (tertiary alicyclic amines) is 1. The fourth-order valence-corrected chi connectivity index (χ4v) is 5.65. The van der Waals surface area contributed by atoms with Gasteiger partial charge in [0.05, 0.1) is 10.6 Å². The van der Waals surface area contributed by atoms with Crippen molar-refractivity contribution in [3.8, 4) is 10.8 Å². The lowest BCUT2D eigenvalue weighted by Gasteiger charge is -2.32. The first kappa shape index (κ1) is 21.2. The zero-order chi connectivity index (χ0) is 21.1. The number of furan rings is 1. The number of aromatic nitrogens is 1. The van der Waals surface area contributed by atoms with Crippen molar-refractivity contribution >= 4 is 21.4 Å². The summed E-state index contributed by atoms with van der Waals surface area (Å²) in [7, 11) is -3.47. The summed E-state index contributed by atoms with van der Waals surface area (Å²) in [6.45, 7) is 6.98. The van der Waals surface area contributed by atoms with Gasteiger partial charge in [0.1, 0.15) is 5.76 Å². The van der Waals surface area contributed by atoms with Gasteiger partial charge in [-0.15, -0.1) is 11.3 Å². The average Bonchev–Trinajstić information content (AvgIpc) is 3.36. The number of hydrogen-bond donors (Lipinski definition) is 1. The molecule has 1 aromatic carbocycles. The number of piperidine rings is 1. The Balaban J connectivity index is 1.32. The van der Waals surface area contributed by atoms with Gasteiger partial charge in [-0.05, 0) is 63.4 Å². The quantitative estimate of drug-likeness (QED) is 0.590. The lowest BCUT2D eigenvalue weighted by molar-refractivity contribution is 0.167. The van der Waals surface area contributed by atoms with Crippen LogP contribution < -0.4 is 4.72 Å². The molecule has 0 aliphatic carbocycles. The highest BCUT2D eigenvalue weighted by Gasteiger charge is 2.23. The van der Waals surface area contributed by atoms with Crippen molar-refractivity contribution in [2.75, 3.05) is 19.6 Å². The number of rotatable bonds is 7. The van der Waals surface area contributed by atoms with Gasteiger partial charge >= 0.3 is 0 Å². The molecular weight excluding hydrogens is 418 g/mol. The van der Waals surface area contributed by atoms with Crippen LogP contribution in [-0.2, 0) is 16.6 Å². The number of aryl methyl sites for hydroxylation is 2. The van der Waals surface area contributed by atoms with Gasteiger partial charge in [0.25, 0.3) is 0 Å². The molecule has 8 heteroatoms. The molecule has 1 unspecified atom stereocenters. The summed E-state index contributed by atoms with van der Waals surface area (Å²) < 4.78 is 33.6. The Bertz CT molecular complexity index is 1090. The topological polar surface area (TPSA) is 75.4 Å². The summed E-state index contributed by atoms with van der Waals surface area (Å²) in [4.78, 5) is 7.40. The smallest absolute Gasteiger partial charge is 0.240 e. The first-order chi connectivity index (χ1) is 14.4. The van der Waals surface area contributed by atoms with Gasteiger partial charge in [-0.2, -0.15) is 0 Å². The Labute approximate surface area is 182 Å². The first-order valence-corrected chi connectivity index (χ1v) is 12.6. The van der Waals surface area contributed by atoms with Gasteiger partial charge < -0.3 is 4.42 Å². The van der Waals surface area contributed by atoms with Gasteiger partial charge in [0.2, 0.25) is 10.0 Å². The van der Waals surface area contributed by atoms with Crippen LogP contribution in [0.2, 0.25) is 0 Å². The number of thiazole rings is 1. The van der Waals surface area contributed by atoms with E-state index in [1.165, 1.54) is 0 Å². The molecule has 0 saturated carbocycles. The van der Waals surface area contributed by atoms with Crippen molar-refractivity contribution in [2.24, 2.45) is 5.92 Å². The van der Waals surface area contributed by atoms with E-state index in [2.05, 4.69) is 15.0 Å². The minimum Gasteiger partial charge on any atom is -0.459 e. The fraction of sp³-hybridized carbons (Fsp3) is 0.409. The molecule has 3 heterocycles. The van der Waals surface area contributed by atoms with Crippen LogP contribution in [0.3, 0.4) is 0 Å². The Morgan fingerprint density at radius 2 is 2.00 bits per heavy atom. The van der Waals surface area contributed by atoms with E-state index in [0.717, 1.165) is 60.3 Å². The van der Waals surface area contributed by atoms with Crippen molar-refractivity contribution in [3.63, 3.8) is 0 Å². The highest BCUT2D eigenvalue weighted by Crippen LogP contribution is 2.27. The molecule has 1 aliphatic rings. The van der Waals surface area contributed by atoms with E-state index in [4.69, 9.17) is 9.40 Å². The maximum absolute atomic E-state index is 12.6. The number of sulfonamides is 1. The number of nitrogens with zero attached hydrogens (tertiary/aromatic N) is 2. The normalized spacial score (nSPS) is 18.0. The Morgan fingerprint density at radius 3 is 2.73 bits per heavy atom. The molecule has 1 fully saturated rings. The highest BCUT2D eigenvalue weighted by molar-refractivity contribution is 7.89. The van der Waals surface area contributed by atoms with Crippen molar-refractivity contribution in [2.45, 2.75) is 38.1 Å². The monoisotopic (exact) mass is 445 g/mol. The molecule has 160 valence electrons. The van der Waals surface area contributed by atoms with Gasteiger partial charge in [-0.3, -0.25) is 4.90 Å². The van der Waals surface area contributed by atoms with Crippen molar-refractivity contribution in [1.29, 1.82) is 0 Å². The molecule has 0 spiro atoms. The van der Waals surface area contributed by atoms with Crippen LogP contribution in [0.15, 0.2) is 51.1 Å². The van der Waals surface area contributed by atoms with Crippen LogP contribution in [0.25, 0.3) is 10.8 Å². The van der Waals surface area contributed by atoms with E-state index >= 15 is 0 Å². The second-order valence-electron chi connectivity index (χ2n) is 7.96. The maximum Gasteiger partial charge on any atom is 0.240 e. The highest BCUT2D eigenvalue weighted by atomic mass is 32.2. The van der Waals surface area contributed by atoms with E-state index in [0.29, 0.717) is 17.4 Å². The zero-order valence-corrected chi connectivity index (χ0v) is 18.9. The van der Waals surface area contributed by atoms with Crippen LogP contribution in [0.1, 0.15) is 29.9 Å². The van der Waals surface area contributed by atoms with E-state index in [1.807, 2.05) is 38.1 Å². The van der Waals surface area contributed by atoms with Crippen LogP contribution >= 0.6 is 11.3 Å². The third kappa shape index (κ3) is 5.18. The van der Waals surface area contributed by atoms with Crippen molar-refractivity contribution in [3.05, 3.63) is 58.8 Å². The minimum absolute atomic E-state index is 0.296. The van der Waals surface area contributed by atoms with Crippen LogP contribution in [0.5, 0.6) is 0 Å². The van der Waals surface area contributed by atoms with Gasteiger partial charge in [0.15, 0.2) is 10.8 Å². The summed E-state index contributed by atoms with van der Waals surface area (Å²) in [6.07, 6.45) is 2.09. The molecular formula is C22H27N3O3S2. The molecule has 2 aromatic heterocycles. The summed E-state index contributed by atoms with van der Waals surface area (Å²) in [6, 6.07) is 10.9. The molecule has 1 atom stereocenters. The largest absolute Gasteiger partial charge is 0.459 e. The second kappa shape index (κ2) is 9.01. The Hall–Kier alpha value is -2.00. The average molecular weight is 446 g/mol. The number of benzene rings is 1. The maximum atomic E-state index is 12.6. The van der Waals surface area contributed by atoms with Crippen LogP contribution in [0, 0.1) is 19.8 Å². The minimum atomic E-state index is -3.47. The third-order valence-electron chi connectivity index (χ3n) is 5.38. The summed E-state index contributed by atoms with van der Waals surface area (Å²) in [5.41, 5.74) is 2.08. The molecule has 6 nitrogen and oxygen atoms in total. The molecule has 1 N–H and O–H groups in total. The van der Waals surface area contributed by atoms with E-state index < -0.39 is 10.0 Å². The van der Waals surface area contributed by atoms with Gasteiger partial charge in [-0.25, -0.2) is 18.1 Å². The second-order valence-corrected chi connectivity index (χ2v) is 10.6. The summed E-state index contributed by atoms with van der Waals surface area (Å²) in [5, 5.41) is 2.98. The fourth-order valence-electron chi connectivity index (χ4n) is 3.76. The molecule has 0 radical (unpaired) electrons. The molecule has 4 rings (SSSR count). The van der Waals surface area contributed by atoms with Crippen molar-refractivity contribution in [1.82, 2.24) is 14.6 Å². The van der Waals surface area contributed by atoms with Crippen molar-refractivity contribution < 1.29 is 12.8 Å². The van der Waals surface area contributed by atoms with E-state index in [9.17, 15) is 8.42 Å². The Kier molecular flexibility index (Phi) is 6.38. The van der Waals surface area contributed by atoms with E-state index in [1.54, 1.807) is 23.5 Å². The molecule has 1 aliphatic heterocycles. The van der Waals surface area contributed by atoms with E-state index in [-0.39, 0.29) is 0 Å². The SMILES string of the molecule is Cc1ccc(S(=O)(=O)NCC2CCCN(Cc3csc(-c4ccc(C)o4)n3)C2)cc1. The third-order valence-corrected chi connectivity index (χ3v) is 7.73. The molecule has 0 bridgehead atoms.